The number of fused-ring (bicyclic) bond motifs is 1. The summed E-state index contributed by atoms with van der Waals surface area (Å²) in [5, 5.41) is 8.40. The largest absolute Gasteiger partial charge is 0.399 e. The topological polar surface area (TPSA) is 69.1 Å². The molecule has 0 unspecified atom stereocenters. The van der Waals surface area contributed by atoms with Gasteiger partial charge in [-0.05, 0) is 38.0 Å². The molecule has 3 aromatic rings. The average molecular weight is 267 g/mol. The number of nitrogens with two attached hydrogens (primary N) is 1. The Bertz CT molecular complexity index is 760. The van der Waals surface area contributed by atoms with Crippen molar-refractivity contribution in [3.05, 3.63) is 53.1 Å². The van der Waals surface area contributed by atoms with Crippen molar-refractivity contribution in [2.45, 2.75) is 26.7 Å². The van der Waals surface area contributed by atoms with E-state index in [2.05, 4.69) is 15.2 Å². The molecule has 2 aromatic heterocycles. The van der Waals surface area contributed by atoms with Gasteiger partial charge in [-0.15, -0.1) is 10.2 Å². The molecule has 0 bridgehead atoms. The van der Waals surface area contributed by atoms with Gasteiger partial charge >= 0.3 is 0 Å². The van der Waals surface area contributed by atoms with E-state index in [1.165, 1.54) is 0 Å². The van der Waals surface area contributed by atoms with E-state index < -0.39 is 0 Å². The number of hydrogen-bond acceptors (Lipinski definition) is 4. The summed E-state index contributed by atoms with van der Waals surface area (Å²) in [5.74, 6) is 1.59. The second-order valence-electron chi connectivity index (χ2n) is 4.99. The van der Waals surface area contributed by atoms with E-state index in [-0.39, 0.29) is 0 Å². The van der Waals surface area contributed by atoms with E-state index in [0.29, 0.717) is 5.78 Å². The van der Waals surface area contributed by atoms with Gasteiger partial charge in [0.1, 0.15) is 5.82 Å². The maximum absolute atomic E-state index is 5.97. The third-order valence-corrected chi connectivity index (χ3v) is 3.43. The monoisotopic (exact) mass is 267 g/mol. The highest BCUT2D eigenvalue weighted by atomic mass is 15.3. The van der Waals surface area contributed by atoms with Gasteiger partial charge < -0.3 is 5.73 Å². The molecule has 0 saturated heterocycles. The van der Waals surface area contributed by atoms with Crippen LogP contribution in [0.25, 0.3) is 5.78 Å². The molecule has 0 aliphatic rings. The maximum Gasteiger partial charge on any atom is 0.255 e. The Balaban J connectivity index is 1.90. The van der Waals surface area contributed by atoms with Gasteiger partial charge in [0.15, 0.2) is 0 Å². The molecule has 0 fully saturated rings. The summed E-state index contributed by atoms with van der Waals surface area (Å²) in [4.78, 5) is 4.39. The van der Waals surface area contributed by atoms with E-state index >= 15 is 0 Å². The fourth-order valence-electron chi connectivity index (χ4n) is 2.47. The molecule has 0 radical (unpaired) electrons. The highest BCUT2D eigenvalue weighted by molar-refractivity contribution is 5.46. The number of rotatable bonds is 3. The molecule has 102 valence electrons. The number of benzene rings is 1. The molecule has 3 rings (SSSR count). The summed E-state index contributed by atoms with van der Waals surface area (Å²) >= 11 is 0. The van der Waals surface area contributed by atoms with Crippen molar-refractivity contribution >= 4 is 11.5 Å². The van der Waals surface area contributed by atoms with Gasteiger partial charge in [0.05, 0.1) is 0 Å². The van der Waals surface area contributed by atoms with Crippen molar-refractivity contribution in [1.29, 1.82) is 0 Å². The first-order valence-electron chi connectivity index (χ1n) is 6.67. The average Bonchev–Trinajstić information content (AvgIpc) is 2.81. The van der Waals surface area contributed by atoms with Crippen molar-refractivity contribution in [3.63, 3.8) is 0 Å². The van der Waals surface area contributed by atoms with Crippen molar-refractivity contribution < 1.29 is 0 Å². The highest BCUT2D eigenvalue weighted by Gasteiger charge is 2.10. The third-order valence-electron chi connectivity index (χ3n) is 3.43. The van der Waals surface area contributed by atoms with Crippen LogP contribution in [0.2, 0.25) is 0 Å². The lowest BCUT2D eigenvalue weighted by molar-refractivity contribution is 0.826. The second-order valence-corrected chi connectivity index (χ2v) is 4.99. The molecule has 5 nitrogen and oxygen atoms in total. The van der Waals surface area contributed by atoms with Gasteiger partial charge in [0, 0.05) is 23.5 Å². The minimum absolute atomic E-state index is 0.665. The van der Waals surface area contributed by atoms with Crippen molar-refractivity contribution in [3.8, 4) is 0 Å². The Hall–Kier alpha value is -2.43. The number of aryl methyl sites for hydroxylation is 4. The van der Waals surface area contributed by atoms with Crippen LogP contribution in [0.5, 0.6) is 0 Å². The van der Waals surface area contributed by atoms with Gasteiger partial charge in [-0.25, -0.2) is 4.98 Å². The van der Waals surface area contributed by atoms with Gasteiger partial charge in [0.2, 0.25) is 0 Å². The number of anilines is 1. The molecule has 2 heterocycles. The Morgan fingerprint density at radius 2 is 1.90 bits per heavy atom. The minimum atomic E-state index is 0.665. The van der Waals surface area contributed by atoms with Crippen LogP contribution in [-0.4, -0.2) is 19.6 Å². The first-order valence-corrected chi connectivity index (χ1v) is 6.67. The molecule has 0 aliphatic heterocycles. The summed E-state index contributed by atoms with van der Waals surface area (Å²) in [6, 6.07) is 9.96. The van der Waals surface area contributed by atoms with Crippen LogP contribution in [0, 0.1) is 13.8 Å². The van der Waals surface area contributed by atoms with Crippen LogP contribution in [0.1, 0.15) is 22.8 Å². The van der Waals surface area contributed by atoms with E-state index in [1.54, 1.807) is 0 Å². The zero-order valence-electron chi connectivity index (χ0n) is 11.7. The van der Waals surface area contributed by atoms with Gasteiger partial charge in [-0.2, -0.15) is 0 Å². The summed E-state index contributed by atoms with van der Waals surface area (Å²) in [6.07, 6.45) is 1.64. The number of nitrogen functional groups attached to an aromatic ring is 1. The normalized spacial score (nSPS) is 11.1. The molecular weight excluding hydrogens is 250 g/mol. The van der Waals surface area contributed by atoms with Crippen LogP contribution >= 0.6 is 0 Å². The van der Waals surface area contributed by atoms with Gasteiger partial charge in [-0.1, -0.05) is 18.2 Å². The van der Waals surface area contributed by atoms with E-state index in [1.807, 2.05) is 48.6 Å². The van der Waals surface area contributed by atoms with Crippen LogP contribution < -0.4 is 5.73 Å². The molecule has 0 spiro atoms. The molecule has 2 N–H and O–H groups in total. The Morgan fingerprint density at radius 3 is 2.70 bits per heavy atom. The number of nitrogens with zero attached hydrogens (tertiary/aromatic N) is 4. The molecule has 20 heavy (non-hydrogen) atoms. The molecule has 5 heteroatoms. The van der Waals surface area contributed by atoms with Crippen molar-refractivity contribution in [1.82, 2.24) is 19.6 Å². The number of aromatic nitrogens is 4. The molecular formula is C15H17N5. The summed E-state index contributed by atoms with van der Waals surface area (Å²) in [7, 11) is 0. The fourth-order valence-corrected chi connectivity index (χ4v) is 2.47. The van der Waals surface area contributed by atoms with Crippen molar-refractivity contribution in [2.75, 3.05) is 5.73 Å². The zero-order valence-corrected chi connectivity index (χ0v) is 11.7. The number of para-hydroxylation sites is 1. The lowest BCUT2D eigenvalue weighted by Crippen LogP contribution is -2.04. The maximum atomic E-state index is 5.97. The third kappa shape index (κ3) is 2.22. The van der Waals surface area contributed by atoms with Gasteiger partial charge in [0.25, 0.3) is 5.78 Å². The molecule has 0 saturated carbocycles. The first-order chi connectivity index (χ1) is 9.65. The summed E-state index contributed by atoms with van der Waals surface area (Å²) in [6.45, 7) is 4.01. The fraction of sp³-hybridized carbons (Fsp3) is 0.267. The Morgan fingerprint density at radius 1 is 1.10 bits per heavy atom. The highest BCUT2D eigenvalue weighted by Crippen LogP contribution is 2.15. The van der Waals surface area contributed by atoms with Crippen LogP contribution in [-0.2, 0) is 12.8 Å². The molecule has 0 aliphatic carbocycles. The summed E-state index contributed by atoms with van der Waals surface area (Å²) < 4.78 is 2.01. The van der Waals surface area contributed by atoms with Crippen LogP contribution in [0.15, 0.2) is 30.3 Å². The van der Waals surface area contributed by atoms with Crippen molar-refractivity contribution in [2.24, 2.45) is 0 Å². The second kappa shape index (κ2) is 4.92. The molecule has 0 atom stereocenters. The predicted octanol–water partition coefficient (Wildman–Crippen LogP) is 2.11. The summed E-state index contributed by atoms with van der Waals surface area (Å²) in [5.41, 5.74) is 10.00. The Labute approximate surface area is 117 Å². The predicted molar refractivity (Wildman–Crippen MR) is 78.5 cm³/mol. The zero-order chi connectivity index (χ0) is 14.1. The lowest BCUT2D eigenvalue weighted by Gasteiger charge is -2.06. The number of hydrogen-bond donors (Lipinski definition) is 1. The first kappa shape index (κ1) is 12.6. The van der Waals surface area contributed by atoms with Gasteiger partial charge in [-0.3, -0.25) is 4.40 Å². The SMILES string of the molecule is Cc1cc(C)n2c(CCc3ccccc3N)nnc2n1. The minimum Gasteiger partial charge on any atom is -0.399 e. The molecule has 0 amide bonds. The van der Waals surface area contributed by atoms with E-state index in [4.69, 9.17) is 5.73 Å². The smallest absolute Gasteiger partial charge is 0.255 e. The van der Waals surface area contributed by atoms with E-state index in [9.17, 15) is 0 Å². The van der Waals surface area contributed by atoms with E-state index in [0.717, 1.165) is 41.3 Å². The Kier molecular flexibility index (Phi) is 3.10. The lowest BCUT2D eigenvalue weighted by atomic mass is 10.1. The van der Waals surface area contributed by atoms with Crippen LogP contribution in [0.3, 0.4) is 0 Å². The van der Waals surface area contributed by atoms with Crippen LogP contribution in [0.4, 0.5) is 5.69 Å². The standard InChI is InChI=1S/C15H17N5/c1-10-9-11(2)20-14(18-19-15(20)17-10)8-7-12-5-3-4-6-13(12)16/h3-6,9H,7-8,16H2,1-2H3. The quantitative estimate of drug-likeness (QED) is 0.738. The molecule has 1 aromatic carbocycles.